The predicted octanol–water partition coefficient (Wildman–Crippen LogP) is 3.33. The van der Waals surface area contributed by atoms with Gasteiger partial charge in [0.2, 0.25) is 5.95 Å². The van der Waals surface area contributed by atoms with Crippen molar-refractivity contribution in [2.75, 3.05) is 25.0 Å². The van der Waals surface area contributed by atoms with Crippen LogP contribution in [0.25, 0.3) is 0 Å². The van der Waals surface area contributed by atoms with Crippen LogP contribution in [0.1, 0.15) is 52.7 Å². The Kier molecular flexibility index (Phi) is 6.01. The van der Waals surface area contributed by atoms with E-state index in [4.69, 9.17) is 4.74 Å². The molecule has 1 amide bonds. The maximum Gasteiger partial charge on any atom is 0.338 e. The van der Waals surface area contributed by atoms with Gasteiger partial charge in [-0.1, -0.05) is 0 Å². The highest BCUT2D eigenvalue weighted by Crippen LogP contribution is 2.17. The molecule has 0 atom stereocenters. The number of ether oxygens (including phenoxy) is 1. The largest absolute Gasteiger partial charge is 0.462 e. The topological polar surface area (TPSA) is 84.4 Å². The summed E-state index contributed by atoms with van der Waals surface area (Å²) < 4.78 is 4.98. The van der Waals surface area contributed by atoms with Crippen LogP contribution < -0.4 is 5.32 Å². The molecule has 2 aromatic rings. The maximum absolute atomic E-state index is 12.7. The molecule has 1 aliphatic rings. The first kappa shape index (κ1) is 18.8. The van der Waals surface area contributed by atoms with E-state index in [1.807, 2.05) is 11.8 Å². The van der Waals surface area contributed by atoms with Gasteiger partial charge >= 0.3 is 5.97 Å². The third kappa shape index (κ3) is 4.81. The number of nitrogens with zero attached hydrogens (tertiary/aromatic N) is 3. The third-order valence-corrected chi connectivity index (χ3v) is 4.37. The molecule has 7 nitrogen and oxygen atoms in total. The Morgan fingerprint density at radius 2 is 1.81 bits per heavy atom. The molecule has 0 aliphatic carbocycles. The molecule has 142 valence electrons. The SMILES string of the molecule is CCOC(=O)c1ccc(Nc2nc(C)cc(C(=O)N3CCCCC3)n2)cc1. The number of rotatable bonds is 5. The number of nitrogens with one attached hydrogen (secondary N) is 1. The van der Waals surface area contributed by atoms with Crippen molar-refractivity contribution in [3.8, 4) is 0 Å². The van der Waals surface area contributed by atoms with E-state index in [-0.39, 0.29) is 11.9 Å². The second kappa shape index (κ2) is 8.62. The Bertz CT molecular complexity index is 814. The lowest BCUT2D eigenvalue weighted by molar-refractivity contribution is 0.0526. The number of aryl methyl sites for hydroxylation is 1. The van der Waals surface area contributed by atoms with Gasteiger partial charge in [0.05, 0.1) is 12.2 Å². The molecule has 0 unspecified atom stereocenters. The summed E-state index contributed by atoms with van der Waals surface area (Å²) in [6, 6.07) is 8.58. The van der Waals surface area contributed by atoms with Crippen LogP contribution in [0.15, 0.2) is 30.3 Å². The van der Waals surface area contributed by atoms with Gasteiger partial charge in [0.15, 0.2) is 0 Å². The van der Waals surface area contributed by atoms with E-state index in [0.29, 0.717) is 23.8 Å². The highest BCUT2D eigenvalue weighted by atomic mass is 16.5. The normalized spacial score (nSPS) is 13.9. The summed E-state index contributed by atoms with van der Waals surface area (Å²) in [5.74, 6) is -0.0505. The molecule has 1 aromatic heterocycles. The zero-order chi connectivity index (χ0) is 19.2. The Labute approximate surface area is 158 Å². The van der Waals surface area contributed by atoms with Crippen LogP contribution in [0.2, 0.25) is 0 Å². The minimum Gasteiger partial charge on any atom is -0.462 e. The van der Waals surface area contributed by atoms with E-state index in [1.54, 1.807) is 37.3 Å². The second-order valence-electron chi connectivity index (χ2n) is 6.49. The van der Waals surface area contributed by atoms with E-state index in [1.165, 1.54) is 6.42 Å². The number of esters is 1. The van der Waals surface area contributed by atoms with Gasteiger partial charge in [-0.25, -0.2) is 14.8 Å². The lowest BCUT2D eigenvalue weighted by Crippen LogP contribution is -2.36. The van der Waals surface area contributed by atoms with E-state index >= 15 is 0 Å². The van der Waals surface area contributed by atoms with Gasteiger partial charge in [-0.15, -0.1) is 0 Å². The van der Waals surface area contributed by atoms with Gasteiger partial charge in [0.25, 0.3) is 5.91 Å². The predicted molar refractivity (Wildman–Crippen MR) is 102 cm³/mol. The highest BCUT2D eigenvalue weighted by Gasteiger charge is 2.20. The zero-order valence-corrected chi connectivity index (χ0v) is 15.7. The molecule has 0 spiro atoms. The molecule has 2 heterocycles. The van der Waals surface area contributed by atoms with Crippen LogP contribution >= 0.6 is 0 Å². The minimum atomic E-state index is -0.356. The van der Waals surface area contributed by atoms with E-state index in [0.717, 1.165) is 37.3 Å². The summed E-state index contributed by atoms with van der Waals surface area (Å²) in [6.45, 7) is 5.50. The van der Waals surface area contributed by atoms with Crippen molar-refractivity contribution in [3.63, 3.8) is 0 Å². The Hall–Kier alpha value is -2.96. The van der Waals surface area contributed by atoms with Gasteiger partial charge in [-0.2, -0.15) is 0 Å². The van der Waals surface area contributed by atoms with Gasteiger partial charge in [-0.3, -0.25) is 4.79 Å². The smallest absolute Gasteiger partial charge is 0.338 e. The number of hydrogen-bond donors (Lipinski definition) is 1. The van der Waals surface area contributed by atoms with Crippen LogP contribution in [0.5, 0.6) is 0 Å². The summed E-state index contributed by atoms with van der Waals surface area (Å²) >= 11 is 0. The molecule has 1 aliphatic heterocycles. The van der Waals surface area contributed by atoms with Crippen molar-refractivity contribution in [2.24, 2.45) is 0 Å². The maximum atomic E-state index is 12.7. The molecular formula is C20H24N4O3. The summed E-state index contributed by atoms with van der Waals surface area (Å²) in [7, 11) is 0. The number of likely N-dealkylation sites (tertiary alicyclic amines) is 1. The first-order chi connectivity index (χ1) is 13.1. The van der Waals surface area contributed by atoms with Crippen molar-refractivity contribution >= 4 is 23.5 Å². The van der Waals surface area contributed by atoms with E-state index in [9.17, 15) is 9.59 Å². The Morgan fingerprint density at radius 1 is 1.11 bits per heavy atom. The third-order valence-electron chi connectivity index (χ3n) is 4.37. The number of benzene rings is 1. The number of carbonyl (C=O) groups excluding carboxylic acids is 2. The van der Waals surface area contributed by atoms with E-state index in [2.05, 4.69) is 15.3 Å². The molecule has 0 radical (unpaired) electrons. The molecule has 0 saturated carbocycles. The fourth-order valence-corrected chi connectivity index (χ4v) is 3.03. The average molecular weight is 368 g/mol. The van der Waals surface area contributed by atoms with Crippen molar-refractivity contribution in [2.45, 2.75) is 33.1 Å². The van der Waals surface area contributed by atoms with E-state index < -0.39 is 0 Å². The lowest BCUT2D eigenvalue weighted by Gasteiger charge is -2.26. The number of amides is 1. The molecule has 0 bridgehead atoms. The average Bonchev–Trinajstić information content (AvgIpc) is 2.68. The van der Waals surface area contributed by atoms with Gasteiger partial charge in [0.1, 0.15) is 5.69 Å². The molecule has 27 heavy (non-hydrogen) atoms. The molecule has 1 fully saturated rings. The van der Waals surface area contributed by atoms with Crippen LogP contribution in [0, 0.1) is 6.92 Å². The number of carbonyl (C=O) groups is 2. The number of aromatic nitrogens is 2. The summed E-state index contributed by atoms with van der Waals surface area (Å²) in [4.78, 5) is 35.0. The van der Waals surface area contributed by atoms with Crippen LogP contribution in [-0.4, -0.2) is 46.4 Å². The molecular weight excluding hydrogens is 344 g/mol. The number of anilines is 2. The summed E-state index contributed by atoms with van der Waals surface area (Å²) in [5, 5.41) is 3.10. The van der Waals surface area contributed by atoms with Gasteiger partial charge < -0.3 is 15.0 Å². The Balaban J connectivity index is 1.74. The van der Waals surface area contributed by atoms with Crippen molar-refractivity contribution < 1.29 is 14.3 Å². The molecule has 3 rings (SSSR count). The minimum absolute atomic E-state index is 0.0547. The lowest BCUT2D eigenvalue weighted by atomic mass is 10.1. The standard InChI is InChI=1S/C20H24N4O3/c1-3-27-19(26)15-7-9-16(10-8-15)22-20-21-14(2)13-17(23-20)18(25)24-11-5-4-6-12-24/h7-10,13H,3-6,11-12H2,1-2H3,(H,21,22,23). The second-order valence-corrected chi connectivity index (χ2v) is 6.49. The molecule has 1 aromatic carbocycles. The van der Waals surface area contributed by atoms with Crippen molar-refractivity contribution in [3.05, 3.63) is 47.3 Å². The highest BCUT2D eigenvalue weighted by molar-refractivity contribution is 5.93. The molecule has 1 N–H and O–H groups in total. The monoisotopic (exact) mass is 368 g/mol. The molecule has 1 saturated heterocycles. The number of hydrogen-bond acceptors (Lipinski definition) is 6. The van der Waals surface area contributed by atoms with Crippen LogP contribution in [0.4, 0.5) is 11.6 Å². The van der Waals surface area contributed by atoms with Crippen molar-refractivity contribution in [1.29, 1.82) is 0 Å². The van der Waals surface area contributed by atoms with Crippen molar-refractivity contribution in [1.82, 2.24) is 14.9 Å². The first-order valence-electron chi connectivity index (χ1n) is 9.26. The van der Waals surface area contributed by atoms with Gasteiger partial charge in [-0.05, 0) is 63.4 Å². The van der Waals surface area contributed by atoms with Crippen LogP contribution in [0.3, 0.4) is 0 Å². The first-order valence-corrected chi connectivity index (χ1v) is 9.26. The Morgan fingerprint density at radius 3 is 2.48 bits per heavy atom. The van der Waals surface area contributed by atoms with Crippen LogP contribution in [-0.2, 0) is 4.74 Å². The summed E-state index contributed by atoms with van der Waals surface area (Å²) in [5.41, 5.74) is 2.32. The van der Waals surface area contributed by atoms with Gasteiger partial charge in [0, 0.05) is 24.5 Å². The fourth-order valence-electron chi connectivity index (χ4n) is 3.03. The molecule has 7 heteroatoms. The quantitative estimate of drug-likeness (QED) is 0.815. The number of piperidine rings is 1. The summed E-state index contributed by atoms with van der Waals surface area (Å²) in [6.07, 6.45) is 3.24. The zero-order valence-electron chi connectivity index (χ0n) is 15.7. The fraction of sp³-hybridized carbons (Fsp3) is 0.400.